The van der Waals surface area contributed by atoms with Crippen LogP contribution in [-0.2, 0) is 13.1 Å². The van der Waals surface area contributed by atoms with Crippen molar-refractivity contribution in [1.82, 2.24) is 10.3 Å². The minimum atomic E-state index is -0.812. The maximum atomic E-state index is 13.2. The highest BCUT2D eigenvalue weighted by molar-refractivity contribution is 7.07. The van der Waals surface area contributed by atoms with Crippen LogP contribution in [0.5, 0.6) is 0 Å². The Morgan fingerprint density at radius 1 is 1.25 bits per heavy atom. The fourth-order valence-electron chi connectivity index (χ4n) is 1.34. The Hall–Kier alpha value is -1.33. The first-order valence-electron chi connectivity index (χ1n) is 4.78. The van der Waals surface area contributed by atoms with Crippen molar-refractivity contribution in [2.24, 2.45) is 0 Å². The number of thiazole rings is 1. The topological polar surface area (TPSA) is 24.9 Å². The van der Waals surface area contributed by atoms with Gasteiger partial charge in [-0.3, -0.25) is 0 Å². The monoisotopic (exact) mass is 240 g/mol. The molecule has 5 heteroatoms. The normalized spacial score (nSPS) is 10.6. The summed E-state index contributed by atoms with van der Waals surface area (Å²) in [7, 11) is 0. The lowest BCUT2D eigenvalue weighted by atomic mass is 10.2. The summed E-state index contributed by atoms with van der Waals surface area (Å²) in [6.45, 7) is 0.848. The SMILES string of the molecule is Fc1cccc(CNCc2cscn2)c1F. The predicted molar refractivity (Wildman–Crippen MR) is 59.0 cm³/mol. The molecule has 84 valence electrons. The van der Waals surface area contributed by atoms with Crippen LogP contribution in [0, 0.1) is 11.6 Å². The molecule has 0 bridgehead atoms. The summed E-state index contributed by atoms with van der Waals surface area (Å²) in [5, 5.41) is 4.92. The van der Waals surface area contributed by atoms with Crippen molar-refractivity contribution in [1.29, 1.82) is 0 Å². The second-order valence-electron chi connectivity index (χ2n) is 3.30. The molecule has 0 radical (unpaired) electrons. The lowest BCUT2D eigenvalue weighted by Gasteiger charge is -2.04. The third-order valence-corrected chi connectivity index (χ3v) is 2.77. The van der Waals surface area contributed by atoms with Gasteiger partial charge in [0.1, 0.15) is 0 Å². The smallest absolute Gasteiger partial charge is 0.163 e. The average molecular weight is 240 g/mol. The molecular weight excluding hydrogens is 230 g/mol. The summed E-state index contributed by atoms with van der Waals surface area (Å²) in [4.78, 5) is 4.08. The maximum absolute atomic E-state index is 13.2. The molecule has 2 rings (SSSR count). The maximum Gasteiger partial charge on any atom is 0.163 e. The molecule has 0 aliphatic carbocycles. The summed E-state index contributed by atoms with van der Waals surface area (Å²) in [5.74, 6) is -1.60. The first kappa shape index (κ1) is 11.2. The second kappa shape index (κ2) is 5.14. The van der Waals surface area contributed by atoms with Crippen molar-refractivity contribution < 1.29 is 8.78 Å². The summed E-state index contributed by atoms with van der Waals surface area (Å²) in [6, 6.07) is 4.17. The highest BCUT2D eigenvalue weighted by atomic mass is 32.1. The Labute approximate surface area is 96.0 Å². The highest BCUT2D eigenvalue weighted by Crippen LogP contribution is 2.11. The van der Waals surface area contributed by atoms with Gasteiger partial charge in [-0.2, -0.15) is 0 Å². The van der Waals surface area contributed by atoms with Gasteiger partial charge in [0.2, 0.25) is 0 Å². The Morgan fingerprint density at radius 3 is 2.88 bits per heavy atom. The molecule has 0 saturated carbocycles. The molecule has 1 heterocycles. The molecule has 2 aromatic rings. The van der Waals surface area contributed by atoms with Crippen LogP contribution in [0.4, 0.5) is 8.78 Å². The van der Waals surface area contributed by atoms with E-state index in [9.17, 15) is 8.78 Å². The van der Waals surface area contributed by atoms with E-state index < -0.39 is 11.6 Å². The fourth-order valence-corrected chi connectivity index (χ4v) is 1.89. The largest absolute Gasteiger partial charge is 0.307 e. The van der Waals surface area contributed by atoms with Crippen molar-refractivity contribution in [3.05, 3.63) is 52.0 Å². The van der Waals surface area contributed by atoms with E-state index in [1.165, 1.54) is 17.4 Å². The lowest BCUT2D eigenvalue weighted by Crippen LogP contribution is -2.14. The molecule has 0 fully saturated rings. The van der Waals surface area contributed by atoms with E-state index in [1.807, 2.05) is 5.38 Å². The van der Waals surface area contributed by atoms with Crippen molar-refractivity contribution in [3.8, 4) is 0 Å². The summed E-state index contributed by atoms with van der Waals surface area (Å²) >= 11 is 1.51. The van der Waals surface area contributed by atoms with Gasteiger partial charge in [0.25, 0.3) is 0 Å². The van der Waals surface area contributed by atoms with E-state index in [0.29, 0.717) is 18.7 Å². The standard InChI is InChI=1S/C11H10F2N2S/c12-10-3-1-2-8(11(10)13)4-14-5-9-6-16-7-15-9/h1-3,6-7,14H,4-5H2. The van der Waals surface area contributed by atoms with Crippen LogP contribution < -0.4 is 5.32 Å². The van der Waals surface area contributed by atoms with Crippen LogP contribution in [-0.4, -0.2) is 4.98 Å². The van der Waals surface area contributed by atoms with E-state index >= 15 is 0 Å². The predicted octanol–water partition coefficient (Wildman–Crippen LogP) is 2.71. The van der Waals surface area contributed by atoms with E-state index in [1.54, 1.807) is 11.6 Å². The number of nitrogens with one attached hydrogen (secondary N) is 1. The third-order valence-electron chi connectivity index (χ3n) is 2.14. The van der Waals surface area contributed by atoms with Crippen molar-refractivity contribution in [3.63, 3.8) is 0 Å². The zero-order valence-electron chi connectivity index (χ0n) is 8.41. The van der Waals surface area contributed by atoms with E-state index in [4.69, 9.17) is 0 Å². The first-order valence-corrected chi connectivity index (χ1v) is 5.72. The third kappa shape index (κ3) is 2.62. The van der Waals surface area contributed by atoms with Crippen molar-refractivity contribution in [2.45, 2.75) is 13.1 Å². The molecule has 16 heavy (non-hydrogen) atoms. The number of nitrogens with zero attached hydrogens (tertiary/aromatic N) is 1. The number of benzene rings is 1. The number of hydrogen-bond donors (Lipinski definition) is 1. The first-order chi connectivity index (χ1) is 7.77. The zero-order chi connectivity index (χ0) is 11.4. The van der Waals surface area contributed by atoms with Crippen LogP contribution >= 0.6 is 11.3 Å². The van der Waals surface area contributed by atoms with Crippen molar-refractivity contribution >= 4 is 11.3 Å². The van der Waals surface area contributed by atoms with Crippen LogP contribution in [0.25, 0.3) is 0 Å². The Morgan fingerprint density at radius 2 is 2.12 bits per heavy atom. The van der Waals surface area contributed by atoms with Gasteiger partial charge >= 0.3 is 0 Å². The fraction of sp³-hybridized carbons (Fsp3) is 0.182. The molecule has 0 aliphatic heterocycles. The molecule has 0 atom stereocenters. The second-order valence-corrected chi connectivity index (χ2v) is 4.01. The number of hydrogen-bond acceptors (Lipinski definition) is 3. The van der Waals surface area contributed by atoms with Gasteiger partial charge in [-0.1, -0.05) is 12.1 Å². The Balaban J connectivity index is 1.92. The molecule has 0 saturated heterocycles. The van der Waals surface area contributed by atoms with Gasteiger partial charge in [-0.25, -0.2) is 13.8 Å². The summed E-state index contributed by atoms with van der Waals surface area (Å²) in [5.41, 5.74) is 2.97. The van der Waals surface area contributed by atoms with Crippen LogP contribution in [0.2, 0.25) is 0 Å². The lowest BCUT2D eigenvalue weighted by molar-refractivity contribution is 0.492. The molecule has 0 aliphatic rings. The van der Waals surface area contributed by atoms with Crippen LogP contribution in [0.3, 0.4) is 0 Å². The minimum absolute atomic E-state index is 0.293. The number of aromatic nitrogens is 1. The van der Waals surface area contributed by atoms with E-state index in [0.717, 1.165) is 11.8 Å². The molecule has 1 aromatic heterocycles. The Kier molecular flexibility index (Phi) is 3.58. The van der Waals surface area contributed by atoms with Crippen LogP contribution in [0.1, 0.15) is 11.3 Å². The van der Waals surface area contributed by atoms with Gasteiger partial charge in [-0.05, 0) is 6.07 Å². The van der Waals surface area contributed by atoms with Gasteiger partial charge in [0.15, 0.2) is 11.6 Å². The highest BCUT2D eigenvalue weighted by Gasteiger charge is 2.06. The number of rotatable bonds is 4. The minimum Gasteiger partial charge on any atom is -0.307 e. The molecule has 2 nitrogen and oxygen atoms in total. The summed E-state index contributed by atoms with van der Waals surface area (Å²) in [6.07, 6.45) is 0. The number of halogens is 2. The van der Waals surface area contributed by atoms with Gasteiger partial charge in [0, 0.05) is 24.0 Å². The van der Waals surface area contributed by atoms with E-state index in [-0.39, 0.29) is 0 Å². The summed E-state index contributed by atoms with van der Waals surface area (Å²) < 4.78 is 26.1. The quantitative estimate of drug-likeness (QED) is 0.888. The van der Waals surface area contributed by atoms with Gasteiger partial charge < -0.3 is 5.32 Å². The molecule has 0 amide bonds. The van der Waals surface area contributed by atoms with E-state index in [2.05, 4.69) is 10.3 Å². The van der Waals surface area contributed by atoms with Crippen molar-refractivity contribution in [2.75, 3.05) is 0 Å². The zero-order valence-corrected chi connectivity index (χ0v) is 9.23. The molecule has 0 spiro atoms. The Bertz CT molecular complexity index is 457. The molecule has 0 unspecified atom stereocenters. The van der Waals surface area contributed by atoms with Gasteiger partial charge in [0.05, 0.1) is 11.2 Å². The van der Waals surface area contributed by atoms with Gasteiger partial charge in [-0.15, -0.1) is 11.3 Å². The average Bonchev–Trinajstić information content (AvgIpc) is 2.77. The molecule has 1 aromatic carbocycles. The molecular formula is C11H10F2N2S. The van der Waals surface area contributed by atoms with Crippen LogP contribution in [0.15, 0.2) is 29.1 Å². The molecule has 1 N–H and O–H groups in total.